The van der Waals surface area contributed by atoms with E-state index in [-0.39, 0.29) is 11.5 Å². The van der Waals surface area contributed by atoms with Crippen molar-refractivity contribution in [3.8, 4) is 0 Å². The van der Waals surface area contributed by atoms with Crippen molar-refractivity contribution in [1.82, 2.24) is 0 Å². The molecule has 78 valence electrons. The first-order valence-electron chi connectivity index (χ1n) is 4.10. The highest BCUT2D eigenvalue weighted by Crippen LogP contribution is 2.12. The molecule has 0 aliphatic heterocycles. The lowest BCUT2D eigenvalue weighted by Gasteiger charge is -1.98. The zero-order chi connectivity index (χ0) is 11.4. The van der Waals surface area contributed by atoms with Gasteiger partial charge in [-0.25, -0.2) is 0 Å². The van der Waals surface area contributed by atoms with Crippen LogP contribution in [0.15, 0.2) is 29.3 Å². The highest BCUT2D eigenvalue weighted by atomic mass is 16.6. The minimum Gasteiger partial charge on any atom is -0.383 e. The number of nitrogens with zero attached hydrogens (tertiary/aromatic N) is 2. The van der Waals surface area contributed by atoms with Gasteiger partial charge in [0.1, 0.15) is 5.84 Å². The van der Waals surface area contributed by atoms with Crippen LogP contribution in [-0.2, 0) is 4.79 Å². The van der Waals surface area contributed by atoms with Crippen molar-refractivity contribution in [2.24, 2.45) is 10.7 Å². The summed E-state index contributed by atoms with van der Waals surface area (Å²) in [5.41, 5.74) is 5.74. The molecule has 0 bridgehead atoms. The third-order valence-electron chi connectivity index (χ3n) is 1.63. The number of nitro benzene ring substituents is 1. The Hall–Kier alpha value is -2.24. The number of carbonyl (C=O) groups is 1. The zero-order valence-electron chi connectivity index (χ0n) is 8.01. The van der Waals surface area contributed by atoms with Crippen molar-refractivity contribution in [2.75, 3.05) is 0 Å². The molecule has 1 aromatic rings. The van der Waals surface area contributed by atoms with Crippen molar-refractivity contribution < 1.29 is 9.72 Å². The maximum atomic E-state index is 10.6. The van der Waals surface area contributed by atoms with Gasteiger partial charge in [-0.15, -0.1) is 0 Å². The van der Waals surface area contributed by atoms with E-state index in [0.717, 1.165) is 0 Å². The van der Waals surface area contributed by atoms with Crippen LogP contribution in [0.1, 0.15) is 12.5 Å². The number of carbonyl (C=O) groups excluding carboxylic acids is 1. The molecular formula is C9H9N3O3. The number of amidine groups is 1. The highest BCUT2D eigenvalue weighted by molar-refractivity contribution is 6.03. The van der Waals surface area contributed by atoms with E-state index >= 15 is 0 Å². The van der Waals surface area contributed by atoms with Crippen molar-refractivity contribution >= 4 is 17.4 Å². The van der Waals surface area contributed by atoms with Gasteiger partial charge in [-0.3, -0.25) is 14.9 Å². The van der Waals surface area contributed by atoms with E-state index in [0.29, 0.717) is 5.56 Å². The van der Waals surface area contributed by atoms with Gasteiger partial charge in [0.25, 0.3) is 5.69 Å². The number of amides is 1. The van der Waals surface area contributed by atoms with Gasteiger partial charge in [-0.05, 0) is 0 Å². The summed E-state index contributed by atoms with van der Waals surface area (Å²) in [6.45, 7) is 1.25. The second kappa shape index (κ2) is 4.32. The summed E-state index contributed by atoms with van der Waals surface area (Å²) < 4.78 is 0. The Kier molecular flexibility index (Phi) is 3.12. The van der Waals surface area contributed by atoms with E-state index in [1.807, 2.05) is 0 Å². The van der Waals surface area contributed by atoms with E-state index in [1.54, 1.807) is 6.07 Å². The van der Waals surface area contributed by atoms with E-state index in [1.165, 1.54) is 25.1 Å². The Balaban J connectivity index is 3.11. The summed E-state index contributed by atoms with van der Waals surface area (Å²) >= 11 is 0. The number of hydrogen-bond acceptors (Lipinski definition) is 3. The van der Waals surface area contributed by atoms with Crippen LogP contribution < -0.4 is 5.73 Å². The number of hydrogen-bond donors (Lipinski definition) is 1. The third-order valence-corrected chi connectivity index (χ3v) is 1.63. The summed E-state index contributed by atoms with van der Waals surface area (Å²) in [7, 11) is 0. The van der Waals surface area contributed by atoms with Crippen LogP contribution in [0.25, 0.3) is 0 Å². The molecule has 2 N–H and O–H groups in total. The Morgan fingerprint density at radius 3 is 2.73 bits per heavy atom. The standard InChI is InChI=1S/C9H9N3O3/c1-6(13)11-9(10)7-3-2-4-8(5-7)12(14)15/h2-5H,1H3,(H2,10,11,13). The van der Waals surface area contributed by atoms with Crippen LogP contribution in [0, 0.1) is 10.1 Å². The van der Waals surface area contributed by atoms with Crippen LogP contribution in [-0.4, -0.2) is 16.7 Å². The molecule has 0 saturated heterocycles. The van der Waals surface area contributed by atoms with Crippen molar-refractivity contribution in [3.63, 3.8) is 0 Å². The van der Waals surface area contributed by atoms with Gasteiger partial charge in [-0.2, -0.15) is 4.99 Å². The number of aliphatic imine (C=N–C) groups is 1. The molecule has 15 heavy (non-hydrogen) atoms. The maximum absolute atomic E-state index is 10.6. The molecule has 6 nitrogen and oxygen atoms in total. The first-order valence-corrected chi connectivity index (χ1v) is 4.10. The number of nitro groups is 1. The molecule has 0 heterocycles. The number of rotatable bonds is 2. The zero-order valence-corrected chi connectivity index (χ0v) is 8.01. The Morgan fingerprint density at radius 2 is 2.20 bits per heavy atom. The van der Waals surface area contributed by atoms with Crippen LogP contribution in [0.3, 0.4) is 0 Å². The average molecular weight is 207 g/mol. The number of nitrogens with two attached hydrogens (primary N) is 1. The van der Waals surface area contributed by atoms with E-state index in [9.17, 15) is 14.9 Å². The molecule has 0 aliphatic rings. The van der Waals surface area contributed by atoms with E-state index < -0.39 is 10.8 Å². The molecule has 0 radical (unpaired) electrons. The smallest absolute Gasteiger partial charge is 0.270 e. The summed E-state index contributed by atoms with van der Waals surface area (Å²) in [4.78, 5) is 24.0. The highest BCUT2D eigenvalue weighted by Gasteiger charge is 2.07. The summed E-state index contributed by atoms with van der Waals surface area (Å²) in [6, 6.07) is 5.64. The van der Waals surface area contributed by atoms with Gasteiger partial charge in [0, 0.05) is 24.6 Å². The molecule has 1 amide bonds. The molecule has 0 aliphatic carbocycles. The second-order valence-corrected chi connectivity index (χ2v) is 2.82. The Labute approximate surface area is 85.6 Å². The topological polar surface area (TPSA) is 98.6 Å². The second-order valence-electron chi connectivity index (χ2n) is 2.82. The van der Waals surface area contributed by atoms with Crippen LogP contribution in [0.2, 0.25) is 0 Å². The van der Waals surface area contributed by atoms with Gasteiger partial charge in [-0.1, -0.05) is 12.1 Å². The fraction of sp³-hybridized carbons (Fsp3) is 0.111. The van der Waals surface area contributed by atoms with Gasteiger partial charge >= 0.3 is 0 Å². The lowest BCUT2D eigenvalue weighted by molar-refractivity contribution is -0.384. The van der Waals surface area contributed by atoms with Gasteiger partial charge in [0.2, 0.25) is 5.91 Å². The first kappa shape index (κ1) is 10.8. The first-order chi connectivity index (χ1) is 7.00. The molecule has 1 aromatic carbocycles. The van der Waals surface area contributed by atoms with Crippen LogP contribution >= 0.6 is 0 Å². The summed E-state index contributed by atoms with van der Waals surface area (Å²) in [5.74, 6) is -0.467. The van der Waals surface area contributed by atoms with E-state index in [4.69, 9.17) is 5.73 Å². The van der Waals surface area contributed by atoms with E-state index in [2.05, 4.69) is 4.99 Å². The molecule has 0 saturated carbocycles. The molecule has 0 atom stereocenters. The fourth-order valence-corrected chi connectivity index (χ4v) is 1.01. The Morgan fingerprint density at radius 1 is 1.53 bits per heavy atom. The molecule has 0 aromatic heterocycles. The van der Waals surface area contributed by atoms with Gasteiger partial charge < -0.3 is 5.73 Å². The quantitative estimate of drug-likeness (QED) is 0.336. The lowest BCUT2D eigenvalue weighted by Crippen LogP contribution is -2.15. The monoisotopic (exact) mass is 207 g/mol. The molecular weight excluding hydrogens is 198 g/mol. The largest absolute Gasteiger partial charge is 0.383 e. The Bertz CT molecular complexity index is 440. The molecule has 0 unspecified atom stereocenters. The molecule has 1 rings (SSSR count). The number of benzene rings is 1. The molecule has 0 fully saturated rings. The maximum Gasteiger partial charge on any atom is 0.270 e. The lowest BCUT2D eigenvalue weighted by atomic mass is 10.2. The van der Waals surface area contributed by atoms with Crippen molar-refractivity contribution in [3.05, 3.63) is 39.9 Å². The molecule has 6 heteroatoms. The fourth-order valence-electron chi connectivity index (χ4n) is 1.01. The molecule has 0 spiro atoms. The van der Waals surface area contributed by atoms with Crippen molar-refractivity contribution in [2.45, 2.75) is 6.92 Å². The third kappa shape index (κ3) is 2.87. The SMILES string of the molecule is CC(=O)N=C(N)c1cccc([N+](=O)[O-])c1. The van der Waals surface area contributed by atoms with Crippen molar-refractivity contribution in [1.29, 1.82) is 0 Å². The minimum absolute atomic E-state index is 0.0220. The average Bonchev–Trinajstić information content (AvgIpc) is 2.17. The van der Waals surface area contributed by atoms with Crippen LogP contribution in [0.5, 0.6) is 0 Å². The predicted molar refractivity (Wildman–Crippen MR) is 54.5 cm³/mol. The summed E-state index contributed by atoms with van der Waals surface area (Å²) in [6.07, 6.45) is 0. The van der Waals surface area contributed by atoms with Crippen LogP contribution in [0.4, 0.5) is 5.69 Å². The van der Waals surface area contributed by atoms with Gasteiger partial charge in [0.05, 0.1) is 4.92 Å². The number of non-ortho nitro benzene ring substituents is 1. The minimum atomic E-state index is -0.537. The normalized spacial score (nSPS) is 11.1. The van der Waals surface area contributed by atoms with Gasteiger partial charge in [0.15, 0.2) is 0 Å². The predicted octanol–water partition coefficient (Wildman–Crippen LogP) is 0.847. The summed E-state index contributed by atoms with van der Waals surface area (Å²) in [5, 5.41) is 10.5.